The summed E-state index contributed by atoms with van der Waals surface area (Å²) in [5.74, 6) is 1.93. The quantitative estimate of drug-likeness (QED) is 0.820. The lowest BCUT2D eigenvalue weighted by Gasteiger charge is -2.22. The molecule has 1 aliphatic carbocycles. The molecule has 134 valence electrons. The molecule has 2 aromatic rings. The van der Waals surface area contributed by atoms with E-state index in [4.69, 9.17) is 15.2 Å². The number of benzene rings is 2. The number of hydrogen-bond acceptors (Lipinski definition) is 3. The first-order valence-corrected chi connectivity index (χ1v) is 9.37. The van der Waals surface area contributed by atoms with Crippen LogP contribution in [-0.2, 0) is 19.3 Å². The lowest BCUT2D eigenvalue weighted by molar-refractivity contribution is 0.309. The van der Waals surface area contributed by atoms with Gasteiger partial charge in [0.05, 0.1) is 13.7 Å². The Bertz CT molecular complexity index is 711. The average Bonchev–Trinajstić information content (AvgIpc) is 2.66. The van der Waals surface area contributed by atoms with E-state index in [2.05, 4.69) is 24.3 Å². The van der Waals surface area contributed by atoms with Crippen molar-refractivity contribution < 1.29 is 9.47 Å². The second-order valence-electron chi connectivity index (χ2n) is 6.75. The molecule has 2 aromatic carbocycles. The van der Waals surface area contributed by atoms with Crippen LogP contribution >= 0.6 is 0 Å². The van der Waals surface area contributed by atoms with Crippen LogP contribution in [0.4, 0.5) is 0 Å². The monoisotopic (exact) mass is 339 g/mol. The lowest BCUT2D eigenvalue weighted by atomic mass is 9.85. The fourth-order valence-corrected chi connectivity index (χ4v) is 3.83. The number of rotatable bonds is 7. The molecule has 0 aliphatic heterocycles. The predicted octanol–water partition coefficient (Wildman–Crippen LogP) is 4.26. The standard InChI is InChI=1S/C22H29NO2/c1-3-25-21-10-6-9-19(22(21)24-2)14-20(15-23)18-12-11-16-7-4-5-8-17(16)13-18/h6,9-13,20H,3-5,7-8,14-15,23H2,1-2H3. The SMILES string of the molecule is CCOc1cccc(CC(CN)c2ccc3c(c2)CCCC3)c1OC. The summed E-state index contributed by atoms with van der Waals surface area (Å²) in [4.78, 5) is 0. The minimum Gasteiger partial charge on any atom is -0.493 e. The smallest absolute Gasteiger partial charge is 0.163 e. The molecule has 1 atom stereocenters. The van der Waals surface area contributed by atoms with Crippen LogP contribution in [0.5, 0.6) is 11.5 Å². The van der Waals surface area contributed by atoms with Gasteiger partial charge in [-0.3, -0.25) is 0 Å². The lowest BCUT2D eigenvalue weighted by Crippen LogP contribution is -2.16. The first-order valence-electron chi connectivity index (χ1n) is 9.37. The van der Waals surface area contributed by atoms with Crippen molar-refractivity contribution in [3.05, 3.63) is 58.7 Å². The first kappa shape index (κ1) is 17.8. The molecule has 0 amide bonds. The summed E-state index contributed by atoms with van der Waals surface area (Å²) in [5.41, 5.74) is 11.7. The van der Waals surface area contributed by atoms with Gasteiger partial charge >= 0.3 is 0 Å². The van der Waals surface area contributed by atoms with Crippen molar-refractivity contribution in [2.24, 2.45) is 5.73 Å². The Morgan fingerprint density at radius 3 is 2.60 bits per heavy atom. The molecule has 0 saturated carbocycles. The van der Waals surface area contributed by atoms with Gasteiger partial charge in [-0.15, -0.1) is 0 Å². The van der Waals surface area contributed by atoms with Gasteiger partial charge in [0.25, 0.3) is 0 Å². The van der Waals surface area contributed by atoms with E-state index < -0.39 is 0 Å². The molecule has 0 fully saturated rings. The number of methoxy groups -OCH3 is 1. The van der Waals surface area contributed by atoms with E-state index in [0.717, 1.165) is 23.5 Å². The highest BCUT2D eigenvalue weighted by atomic mass is 16.5. The third-order valence-electron chi connectivity index (χ3n) is 5.16. The van der Waals surface area contributed by atoms with Crippen LogP contribution in [0.3, 0.4) is 0 Å². The summed E-state index contributed by atoms with van der Waals surface area (Å²) in [5, 5.41) is 0. The van der Waals surface area contributed by atoms with E-state index in [1.807, 2.05) is 19.1 Å². The molecule has 1 unspecified atom stereocenters. The van der Waals surface area contributed by atoms with Crippen molar-refractivity contribution in [2.45, 2.75) is 44.9 Å². The van der Waals surface area contributed by atoms with Crippen molar-refractivity contribution in [3.8, 4) is 11.5 Å². The van der Waals surface area contributed by atoms with Crippen molar-refractivity contribution in [1.29, 1.82) is 0 Å². The normalized spacial score (nSPS) is 14.7. The fraction of sp³-hybridized carbons (Fsp3) is 0.455. The second-order valence-corrected chi connectivity index (χ2v) is 6.75. The van der Waals surface area contributed by atoms with Crippen LogP contribution in [0.2, 0.25) is 0 Å². The third kappa shape index (κ3) is 3.98. The number of hydrogen-bond donors (Lipinski definition) is 1. The Labute approximate surface area is 151 Å². The van der Waals surface area contributed by atoms with Gasteiger partial charge in [0.2, 0.25) is 0 Å². The topological polar surface area (TPSA) is 44.5 Å². The van der Waals surface area contributed by atoms with Crippen molar-refractivity contribution in [1.82, 2.24) is 0 Å². The molecule has 2 N–H and O–H groups in total. The van der Waals surface area contributed by atoms with E-state index in [-0.39, 0.29) is 5.92 Å². The summed E-state index contributed by atoms with van der Waals surface area (Å²) in [6, 6.07) is 13.1. The van der Waals surface area contributed by atoms with E-state index >= 15 is 0 Å². The zero-order valence-electron chi connectivity index (χ0n) is 15.4. The Balaban J connectivity index is 1.86. The molecule has 0 bridgehead atoms. The molecular formula is C22H29NO2. The van der Waals surface area contributed by atoms with Crippen LogP contribution in [0.15, 0.2) is 36.4 Å². The first-order chi connectivity index (χ1) is 12.3. The van der Waals surface area contributed by atoms with Gasteiger partial charge in [0.15, 0.2) is 11.5 Å². The Hall–Kier alpha value is -2.00. The second kappa shape index (κ2) is 8.39. The zero-order valence-corrected chi connectivity index (χ0v) is 15.4. The van der Waals surface area contributed by atoms with Crippen LogP contribution < -0.4 is 15.2 Å². The molecule has 3 nitrogen and oxygen atoms in total. The van der Waals surface area contributed by atoms with Crippen molar-refractivity contribution >= 4 is 0 Å². The van der Waals surface area contributed by atoms with Crippen molar-refractivity contribution in [3.63, 3.8) is 0 Å². The van der Waals surface area contributed by atoms with Crippen LogP contribution in [-0.4, -0.2) is 20.3 Å². The molecule has 3 heteroatoms. The number of aryl methyl sites for hydroxylation is 2. The average molecular weight is 339 g/mol. The largest absolute Gasteiger partial charge is 0.493 e. The highest BCUT2D eigenvalue weighted by Gasteiger charge is 2.18. The van der Waals surface area contributed by atoms with E-state index in [0.29, 0.717) is 13.2 Å². The third-order valence-corrected chi connectivity index (χ3v) is 5.16. The number of para-hydroxylation sites is 1. The summed E-state index contributed by atoms with van der Waals surface area (Å²) in [7, 11) is 1.71. The maximum atomic E-state index is 6.14. The highest BCUT2D eigenvalue weighted by Crippen LogP contribution is 2.35. The zero-order chi connectivity index (χ0) is 17.6. The minimum absolute atomic E-state index is 0.290. The molecule has 0 aromatic heterocycles. The van der Waals surface area contributed by atoms with Gasteiger partial charge in [-0.1, -0.05) is 30.3 Å². The van der Waals surface area contributed by atoms with E-state index in [1.165, 1.54) is 42.4 Å². The summed E-state index contributed by atoms with van der Waals surface area (Å²) in [6.07, 6.45) is 5.89. The molecule has 0 radical (unpaired) electrons. The maximum Gasteiger partial charge on any atom is 0.163 e. The van der Waals surface area contributed by atoms with Gasteiger partial charge in [-0.25, -0.2) is 0 Å². The Morgan fingerprint density at radius 1 is 1.08 bits per heavy atom. The molecular weight excluding hydrogens is 310 g/mol. The van der Waals surface area contributed by atoms with Gasteiger partial charge in [-0.05, 0) is 73.9 Å². The number of fused-ring (bicyclic) bond motifs is 1. The molecule has 0 heterocycles. The van der Waals surface area contributed by atoms with Gasteiger partial charge < -0.3 is 15.2 Å². The van der Waals surface area contributed by atoms with Crippen molar-refractivity contribution in [2.75, 3.05) is 20.3 Å². The fourth-order valence-electron chi connectivity index (χ4n) is 3.83. The van der Waals surface area contributed by atoms with Gasteiger partial charge in [-0.2, -0.15) is 0 Å². The Kier molecular flexibility index (Phi) is 5.98. The predicted molar refractivity (Wildman–Crippen MR) is 103 cm³/mol. The molecule has 0 saturated heterocycles. The number of ether oxygens (including phenoxy) is 2. The maximum absolute atomic E-state index is 6.14. The summed E-state index contributed by atoms with van der Waals surface area (Å²) < 4.78 is 11.3. The molecule has 0 spiro atoms. The molecule has 1 aliphatic rings. The van der Waals surface area contributed by atoms with Crippen LogP contribution in [0.1, 0.15) is 47.9 Å². The highest BCUT2D eigenvalue weighted by molar-refractivity contribution is 5.47. The van der Waals surface area contributed by atoms with Gasteiger partial charge in [0, 0.05) is 5.92 Å². The summed E-state index contributed by atoms with van der Waals surface area (Å²) in [6.45, 7) is 3.24. The van der Waals surface area contributed by atoms with Crippen LogP contribution in [0, 0.1) is 0 Å². The van der Waals surface area contributed by atoms with E-state index in [9.17, 15) is 0 Å². The van der Waals surface area contributed by atoms with Gasteiger partial charge in [0.1, 0.15) is 0 Å². The van der Waals surface area contributed by atoms with Crippen LogP contribution in [0.25, 0.3) is 0 Å². The Morgan fingerprint density at radius 2 is 1.88 bits per heavy atom. The van der Waals surface area contributed by atoms with E-state index in [1.54, 1.807) is 7.11 Å². The summed E-state index contributed by atoms with van der Waals surface area (Å²) >= 11 is 0. The minimum atomic E-state index is 0.290. The number of nitrogens with two attached hydrogens (primary N) is 1. The molecule has 3 rings (SSSR count). The molecule has 25 heavy (non-hydrogen) atoms.